The standard InChI is InChI=1S/C32H45N3O9/c1-20(2)30(34-27(37)19-33)31(40)35(28(38)16-13-21-12-15-25(36)26(18-21)42-3)24(32(41)44-23-10-6-7-11-23)14-17-29(39)43-22-8-4-5-9-22/h12-13,15-16,18,20,22-24,30,36H,4-11,14,17,19,33H2,1-3H3,(H,34,37)/b16-13+/t24-,30-/m1/s1. The molecule has 0 saturated heterocycles. The van der Waals surface area contributed by atoms with Crippen molar-refractivity contribution in [2.24, 2.45) is 11.7 Å². The van der Waals surface area contributed by atoms with Gasteiger partial charge in [-0.25, -0.2) is 4.79 Å². The van der Waals surface area contributed by atoms with Gasteiger partial charge < -0.3 is 30.4 Å². The summed E-state index contributed by atoms with van der Waals surface area (Å²) in [6.07, 6.45) is 8.09. The smallest absolute Gasteiger partial charge is 0.329 e. The van der Waals surface area contributed by atoms with Gasteiger partial charge in [-0.2, -0.15) is 0 Å². The molecule has 12 nitrogen and oxygen atoms in total. The van der Waals surface area contributed by atoms with Crippen LogP contribution in [-0.4, -0.2) is 77.6 Å². The monoisotopic (exact) mass is 615 g/mol. The molecule has 0 aromatic heterocycles. The maximum atomic E-state index is 14.1. The predicted molar refractivity (Wildman–Crippen MR) is 161 cm³/mol. The number of benzene rings is 1. The van der Waals surface area contributed by atoms with Crippen molar-refractivity contribution in [3.63, 3.8) is 0 Å². The van der Waals surface area contributed by atoms with E-state index in [0.717, 1.165) is 49.5 Å². The van der Waals surface area contributed by atoms with Crippen LogP contribution >= 0.6 is 0 Å². The first-order valence-electron chi connectivity index (χ1n) is 15.4. The first-order chi connectivity index (χ1) is 21.0. The maximum absolute atomic E-state index is 14.1. The van der Waals surface area contributed by atoms with E-state index in [-0.39, 0.29) is 43.1 Å². The molecule has 3 rings (SSSR count). The molecule has 0 bridgehead atoms. The van der Waals surface area contributed by atoms with E-state index in [1.165, 1.54) is 31.4 Å². The number of esters is 2. The summed E-state index contributed by atoms with van der Waals surface area (Å²) in [6, 6.07) is 1.78. The minimum Gasteiger partial charge on any atom is -0.504 e. The molecule has 0 spiro atoms. The predicted octanol–water partition coefficient (Wildman–Crippen LogP) is 2.99. The number of methoxy groups -OCH3 is 1. The number of ether oxygens (including phenoxy) is 3. The number of phenolic OH excluding ortho intramolecular Hbond substituents is 1. The summed E-state index contributed by atoms with van der Waals surface area (Å²) in [4.78, 5) is 67.4. The summed E-state index contributed by atoms with van der Waals surface area (Å²) in [7, 11) is 1.38. The van der Waals surface area contributed by atoms with Crippen LogP contribution in [0.25, 0.3) is 6.08 Å². The van der Waals surface area contributed by atoms with E-state index in [9.17, 15) is 29.1 Å². The quantitative estimate of drug-likeness (QED) is 0.208. The number of imide groups is 1. The fourth-order valence-corrected chi connectivity index (χ4v) is 5.46. The number of hydrogen-bond donors (Lipinski definition) is 3. The zero-order valence-electron chi connectivity index (χ0n) is 25.8. The Balaban J connectivity index is 1.97. The molecule has 3 amide bonds. The molecule has 0 heterocycles. The Bertz CT molecular complexity index is 1200. The van der Waals surface area contributed by atoms with Gasteiger partial charge in [-0.05, 0) is 87.5 Å². The molecule has 2 aliphatic carbocycles. The molecule has 2 fully saturated rings. The van der Waals surface area contributed by atoms with Crippen molar-refractivity contribution >= 4 is 35.7 Å². The molecule has 1 aromatic carbocycles. The van der Waals surface area contributed by atoms with E-state index in [1.807, 2.05) is 0 Å². The first kappa shape index (κ1) is 34.6. The molecule has 2 saturated carbocycles. The van der Waals surface area contributed by atoms with E-state index in [2.05, 4.69) is 5.32 Å². The second-order valence-electron chi connectivity index (χ2n) is 11.6. The van der Waals surface area contributed by atoms with Crippen LogP contribution in [0, 0.1) is 5.92 Å². The van der Waals surface area contributed by atoms with E-state index in [4.69, 9.17) is 19.9 Å². The summed E-state index contributed by atoms with van der Waals surface area (Å²) in [5, 5.41) is 12.5. The second kappa shape index (κ2) is 16.8. The minimum absolute atomic E-state index is 0.0950. The van der Waals surface area contributed by atoms with Crippen molar-refractivity contribution in [1.82, 2.24) is 10.2 Å². The Labute approximate surface area is 258 Å². The zero-order chi connectivity index (χ0) is 32.2. The number of nitrogens with two attached hydrogens (primary N) is 1. The number of carbonyl (C=O) groups excluding carboxylic acids is 5. The van der Waals surface area contributed by atoms with Gasteiger partial charge in [-0.15, -0.1) is 0 Å². The van der Waals surface area contributed by atoms with Gasteiger partial charge in [0, 0.05) is 12.5 Å². The number of phenols is 1. The molecular formula is C32H45N3O9. The summed E-state index contributed by atoms with van der Waals surface area (Å²) in [5.74, 6) is -4.03. The number of amides is 3. The Kier molecular flexibility index (Phi) is 13.2. The number of nitrogens with zero attached hydrogens (tertiary/aromatic N) is 1. The van der Waals surface area contributed by atoms with Gasteiger partial charge in [0.15, 0.2) is 11.5 Å². The molecule has 0 aliphatic heterocycles. The first-order valence-corrected chi connectivity index (χ1v) is 15.4. The van der Waals surface area contributed by atoms with Crippen LogP contribution in [-0.2, 0) is 33.4 Å². The van der Waals surface area contributed by atoms with E-state index < -0.39 is 47.7 Å². The molecule has 2 atom stereocenters. The molecule has 44 heavy (non-hydrogen) atoms. The van der Waals surface area contributed by atoms with E-state index in [1.54, 1.807) is 13.8 Å². The number of rotatable bonds is 14. The summed E-state index contributed by atoms with van der Waals surface area (Å²) in [5.41, 5.74) is 5.96. The fraction of sp³-hybridized carbons (Fsp3) is 0.594. The molecule has 1 aromatic rings. The van der Waals surface area contributed by atoms with Crippen LogP contribution in [0.2, 0.25) is 0 Å². The van der Waals surface area contributed by atoms with Crippen LogP contribution in [0.5, 0.6) is 11.5 Å². The third kappa shape index (κ3) is 9.80. The third-order valence-electron chi connectivity index (χ3n) is 7.92. The Morgan fingerprint density at radius 2 is 1.64 bits per heavy atom. The Hall–Kier alpha value is -3.93. The van der Waals surface area contributed by atoms with E-state index >= 15 is 0 Å². The van der Waals surface area contributed by atoms with Crippen LogP contribution in [0.1, 0.15) is 83.6 Å². The van der Waals surface area contributed by atoms with Crippen molar-refractivity contribution in [1.29, 1.82) is 0 Å². The number of aromatic hydroxyl groups is 1. The van der Waals surface area contributed by atoms with Gasteiger partial charge in [-0.3, -0.25) is 24.1 Å². The van der Waals surface area contributed by atoms with E-state index in [0.29, 0.717) is 18.4 Å². The molecule has 242 valence electrons. The lowest BCUT2D eigenvalue weighted by molar-refractivity contribution is -0.165. The number of hydrogen-bond acceptors (Lipinski definition) is 10. The van der Waals surface area contributed by atoms with Crippen LogP contribution in [0.15, 0.2) is 24.3 Å². The molecule has 4 N–H and O–H groups in total. The molecule has 12 heteroatoms. The molecule has 0 unspecified atom stereocenters. The lowest BCUT2D eigenvalue weighted by Gasteiger charge is -2.33. The van der Waals surface area contributed by atoms with Crippen molar-refractivity contribution < 1.29 is 43.3 Å². The number of nitrogens with one attached hydrogen (secondary N) is 1. The second-order valence-corrected chi connectivity index (χ2v) is 11.6. The Morgan fingerprint density at radius 1 is 1.02 bits per heavy atom. The maximum Gasteiger partial charge on any atom is 0.329 e. The average molecular weight is 616 g/mol. The Morgan fingerprint density at radius 3 is 2.20 bits per heavy atom. The summed E-state index contributed by atoms with van der Waals surface area (Å²) >= 11 is 0. The molecule has 2 aliphatic rings. The van der Waals surface area contributed by atoms with Gasteiger partial charge in [0.1, 0.15) is 24.3 Å². The largest absolute Gasteiger partial charge is 0.504 e. The fourth-order valence-electron chi connectivity index (χ4n) is 5.46. The molecule has 0 radical (unpaired) electrons. The lowest BCUT2D eigenvalue weighted by atomic mass is 10.00. The van der Waals surface area contributed by atoms with Gasteiger partial charge >= 0.3 is 11.9 Å². The zero-order valence-corrected chi connectivity index (χ0v) is 25.8. The van der Waals surface area contributed by atoms with Crippen molar-refractivity contribution in [3.05, 3.63) is 29.8 Å². The van der Waals surface area contributed by atoms with Gasteiger partial charge in [-0.1, -0.05) is 19.9 Å². The number of carbonyl (C=O) groups is 5. The van der Waals surface area contributed by atoms with Crippen LogP contribution < -0.4 is 15.8 Å². The summed E-state index contributed by atoms with van der Waals surface area (Å²) in [6.45, 7) is 2.99. The van der Waals surface area contributed by atoms with Crippen molar-refractivity contribution in [3.8, 4) is 11.5 Å². The SMILES string of the molecule is COc1cc(/C=C/C(=O)N(C(=O)[C@H](NC(=O)CN)C(C)C)[C@H](CCC(=O)OC2CCCC2)C(=O)OC2CCCC2)ccc1O. The van der Waals surface area contributed by atoms with Gasteiger partial charge in [0.25, 0.3) is 11.8 Å². The van der Waals surface area contributed by atoms with Gasteiger partial charge in [0.05, 0.1) is 13.7 Å². The minimum atomic E-state index is -1.46. The highest BCUT2D eigenvalue weighted by atomic mass is 16.5. The summed E-state index contributed by atoms with van der Waals surface area (Å²) < 4.78 is 16.5. The highest BCUT2D eigenvalue weighted by Crippen LogP contribution is 2.28. The topological polar surface area (TPSA) is 175 Å². The highest BCUT2D eigenvalue weighted by Gasteiger charge is 2.41. The highest BCUT2D eigenvalue weighted by molar-refractivity contribution is 6.08. The van der Waals surface area contributed by atoms with Crippen molar-refractivity contribution in [2.45, 2.75) is 102 Å². The lowest BCUT2D eigenvalue weighted by Crippen LogP contribution is -2.58. The average Bonchev–Trinajstić information content (AvgIpc) is 3.71. The molecular weight excluding hydrogens is 570 g/mol. The van der Waals surface area contributed by atoms with Crippen LogP contribution in [0.3, 0.4) is 0 Å². The van der Waals surface area contributed by atoms with Crippen LogP contribution in [0.4, 0.5) is 0 Å². The van der Waals surface area contributed by atoms with Gasteiger partial charge in [0.2, 0.25) is 5.91 Å². The van der Waals surface area contributed by atoms with Crippen molar-refractivity contribution in [2.75, 3.05) is 13.7 Å². The normalized spacial score (nSPS) is 16.9. The third-order valence-corrected chi connectivity index (χ3v) is 7.92.